The van der Waals surface area contributed by atoms with E-state index in [0.29, 0.717) is 25.2 Å². The van der Waals surface area contributed by atoms with E-state index in [0.717, 1.165) is 0 Å². The van der Waals surface area contributed by atoms with Crippen LogP contribution in [-0.2, 0) is 0 Å². The summed E-state index contributed by atoms with van der Waals surface area (Å²) < 4.78 is 18.0. The van der Waals surface area contributed by atoms with Crippen molar-refractivity contribution in [1.82, 2.24) is 0 Å². The fourth-order valence-electron chi connectivity index (χ4n) is 1.10. The first-order chi connectivity index (χ1) is 7.13. The zero-order valence-electron chi connectivity index (χ0n) is 8.54. The Kier molecular flexibility index (Phi) is 4.85. The standard InChI is InChI=1S/C11H14ClFO2/c1-2-9(14)5-6-15-11-4-3-8(13)7-10(11)12/h3-4,7,9,14H,2,5-6H2,1H3. The lowest BCUT2D eigenvalue weighted by Gasteiger charge is -2.10. The van der Waals surface area contributed by atoms with Gasteiger partial charge in [0.2, 0.25) is 0 Å². The van der Waals surface area contributed by atoms with Gasteiger partial charge >= 0.3 is 0 Å². The van der Waals surface area contributed by atoms with Crippen LogP contribution in [0.1, 0.15) is 19.8 Å². The first kappa shape index (κ1) is 12.3. The fourth-order valence-corrected chi connectivity index (χ4v) is 1.32. The molecule has 1 aromatic carbocycles. The molecule has 1 unspecified atom stereocenters. The third-order valence-electron chi connectivity index (χ3n) is 2.07. The maximum absolute atomic E-state index is 12.7. The van der Waals surface area contributed by atoms with Crippen LogP contribution >= 0.6 is 11.6 Å². The van der Waals surface area contributed by atoms with E-state index in [2.05, 4.69) is 0 Å². The molecule has 0 radical (unpaired) electrons. The molecule has 4 heteroatoms. The molecule has 0 saturated heterocycles. The second-order valence-electron chi connectivity index (χ2n) is 3.27. The second-order valence-corrected chi connectivity index (χ2v) is 3.68. The van der Waals surface area contributed by atoms with Gasteiger partial charge in [-0.15, -0.1) is 0 Å². The zero-order chi connectivity index (χ0) is 11.3. The van der Waals surface area contributed by atoms with Crippen molar-refractivity contribution < 1.29 is 14.2 Å². The maximum atomic E-state index is 12.7. The van der Waals surface area contributed by atoms with Gasteiger partial charge in [0.15, 0.2) is 0 Å². The highest BCUT2D eigenvalue weighted by Crippen LogP contribution is 2.24. The summed E-state index contributed by atoms with van der Waals surface area (Å²) in [4.78, 5) is 0. The number of halogens is 2. The van der Waals surface area contributed by atoms with Crippen LogP contribution < -0.4 is 4.74 Å². The Balaban J connectivity index is 2.44. The van der Waals surface area contributed by atoms with Crippen molar-refractivity contribution in [1.29, 1.82) is 0 Å². The molecule has 0 heterocycles. The van der Waals surface area contributed by atoms with E-state index in [1.54, 1.807) is 0 Å². The fraction of sp³-hybridized carbons (Fsp3) is 0.455. The Morgan fingerprint density at radius 3 is 2.87 bits per heavy atom. The molecule has 1 aromatic rings. The molecular weight excluding hydrogens is 219 g/mol. The molecule has 0 aliphatic carbocycles. The van der Waals surface area contributed by atoms with Crippen LogP contribution in [0, 0.1) is 5.82 Å². The van der Waals surface area contributed by atoms with Gasteiger partial charge in [0.05, 0.1) is 17.7 Å². The highest BCUT2D eigenvalue weighted by Gasteiger charge is 2.04. The minimum Gasteiger partial charge on any atom is -0.492 e. The first-order valence-corrected chi connectivity index (χ1v) is 5.27. The summed E-state index contributed by atoms with van der Waals surface area (Å²) in [6.45, 7) is 2.27. The van der Waals surface area contributed by atoms with Crippen molar-refractivity contribution in [2.45, 2.75) is 25.9 Å². The average molecular weight is 233 g/mol. The van der Waals surface area contributed by atoms with E-state index in [1.807, 2.05) is 6.92 Å². The van der Waals surface area contributed by atoms with Crippen LogP contribution in [-0.4, -0.2) is 17.8 Å². The molecule has 1 N–H and O–H groups in total. The molecule has 0 aromatic heterocycles. The van der Waals surface area contributed by atoms with Gasteiger partial charge < -0.3 is 9.84 Å². The van der Waals surface area contributed by atoms with Crippen molar-refractivity contribution in [3.8, 4) is 5.75 Å². The first-order valence-electron chi connectivity index (χ1n) is 4.89. The number of aliphatic hydroxyl groups excluding tert-OH is 1. The minimum absolute atomic E-state index is 0.251. The third-order valence-corrected chi connectivity index (χ3v) is 2.37. The molecule has 0 amide bonds. The number of hydrogen-bond donors (Lipinski definition) is 1. The lowest BCUT2D eigenvalue weighted by atomic mass is 10.2. The molecule has 84 valence electrons. The highest BCUT2D eigenvalue weighted by atomic mass is 35.5. The molecule has 0 saturated carbocycles. The van der Waals surface area contributed by atoms with Crippen molar-refractivity contribution in [2.24, 2.45) is 0 Å². The van der Waals surface area contributed by atoms with Crippen LogP contribution in [0.5, 0.6) is 5.75 Å². The van der Waals surface area contributed by atoms with Gasteiger partial charge in [-0.3, -0.25) is 0 Å². The molecular formula is C11H14ClFO2. The minimum atomic E-state index is -0.388. The summed E-state index contributed by atoms with van der Waals surface area (Å²) in [5.41, 5.74) is 0. The average Bonchev–Trinajstić information content (AvgIpc) is 2.21. The number of hydrogen-bond acceptors (Lipinski definition) is 2. The molecule has 0 bridgehead atoms. The molecule has 15 heavy (non-hydrogen) atoms. The van der Waals surface area contributed by atoms with Crippen molar-refractivity contribution in [2.75, 3.05) is 6.61 Å². The SMILES string of the molecule is CCC(O)CCOc1ccc(F)cc1Cl. The number of ether oxygens (including phenoxy) is 1. The number of rotatable bonds is 5. The lowest BCUT2D eigenvalue weighted by molar-refractivity contribution is 0.135. The van der Waals surface area contributed by atoms with Crippen molar-refractivity contribution in [3.05, 3.63) is 29.0 Å². The molecule has 1 rings (SSSR count). The third kappa shape index (κ3) is 4.06. The molecule has 0 fully saturated rings. The summed E-state index contributed by atoms with van der Waals surface area (Å²) in [7, 11) is 0. The van der Waals surface area contributed by atoms with E-state index in [4.69, 9.17) is 16.3 Å². The van der Waals surface area contributed by atoms with Crippen LogP contribution in [0.3, 0.4) is 0 Å². The van der Waals surface area contributed by atoms with Crippen LogP contribution in [0.4, 0.5) is 4.39 Å². The van der Waals surface area contributed by atoms with Gasteiger partial charge in [0.25, 0.3) is 0 Å². The molecule has 0 aliphatic rings. The summed E-state index contributed by atoms with van der Waals surface area (Å²) in [6, 6.07) is 3.97. The van der Waals surface area contributed by atoms with E-state index >= 15 is 0 Å². The Morgan fingerprint density at radius 1 is 1.53 bits per heavy atom. The normalized spacial score (nSPS) is 12.5. The number of benzene rings is 1. The van der Waals surface area contributed by atoms with E-state index in [9.17, 15) is 9.50 Å². The Morgan fingerprint density at radius 2 is 2.27 bits per heavy atom. The maximum Gasteiger partial charge on any atom is 0.138 e. The van der Waals surface area contributed by atoms with Gasteiger partial charge in [-0.2, -0.15) is 0 Å². The summed E-state index contributed by atoms with van der Waals surface area (Å²) in [5, 5.41) is 9.53. The van der Waals surface area contributed by atoms with Gasteiger partial charge in [0, 0.05) is 6.42 Å². The molecule has 1 atom stereocenters. The quantitative estimate of drug-likeness (QED) is 0.846. The summed E-state index contributed by atoms with van der Waals surface area (Å²) in [5.74, 6) is 0.0577. The molecule has 0 spiro atoms. The Labute approximate surface area is 93.6 Å². The van der Waals surface area contributed by atoms with E-state index in [1.165, 1.54) is 18.2 Å². The Hall–Kier alpha value is -0.800. The number of aliphatic hydroxyl groups is 1. The van der Waals surface area contributed by atoms with Gasteiger partial charge in [-0.1, -0.05) is 18.5 Å². The van der Waals surface area contributed by atoms with E-state index < -0.39 is 0 Å². The van der Waals surface area contributed by atoms with Gasteiger partial charge in [-0.05, 0) is 24.6 Å². The molecule has 2 nitrogen and oxygen atoms in total. The van der Waals surface area contributed by atoms with Crippen molar-refractivity contribution >= 4 is 11.6 Å². The van der Waals surface area contributed by atoms with Crippen LogP contribution in [0.2, 0.25) is 5.02 Å². The van der Waals surface area contributed by atoms with Crippen molar-refractivity contribution in [3.63, 3.8) is 0 Å². The van der Waals surface area contributed by atoms with Gasteiger partial charge in [-0.25, -0.2) is 4.39 Å². The summed E-state index contributed by atoms with van der Waals surface area (Å²) >= 11 is 5.75. The topological polar surface area (TPSA) is 29.5 Å². The zero-order valence-corrected chi connectivity index (χ0v) is 9.30. The largest absolute Gasteiger partial charge is 0.492 e. The predicted octanol–water partition coefficient (Wildman–Crippen LogP) is 3.02. The smallest absolute Gasteiger partial charge is 0.138 e. The van der Waals surface area contributed by atoms with E-state index in [-0.39, 0.29) is 16.9 Å². The van der Waals surface area contributed by atoms with Crippen LogP contribution in [0.25, 0.3) is 0 Å². The monoisotopic (exact) mass is 232 g/mol. The lowest BCUT2D eigenvalue weighted by Crippen LogP contribution is -2.10. The molecule has 0 aliphatic heterocycles. The Bertz CT molecular complexity index is 317. The summed E-state index contributed by atoms with van der Waals surface area (Å²) in [6.07, 6.45) is 0.884. The second kappa shape index (κ2) is 5.93. The van der Waals surface area contributed by atoms with Gasteiger partial charge in [0.1, 0.15) is 11.6 Å². The van der Waals surface area contributed by atoms with Crippen LogP contribution in [0.15, 0.2) is 18.2 Å². The predicted molar refractivity (Wildman–Crippen MR) is 57.8 cm³/mol. The highest BCUT2D eigenvalue weighted by molar-refractivity contribution is 6.32.